The van der Waals surface area contributed by atoms with Gasteiger partial charge in [-0.2, -0.15) is 0 Å². The molecule has 0 amide bonds. The fraction of sp³-hybridized carbons (Fsp3) is 0.759. The Morgan fingerprint density at radius 3 is 2.37 bits per heavy atom. The molecular weight excluding hydrogens is 506 g/mol. The molecule has 38 heavy (non-hydrogen) atoms. The second-order valence-corrected chi connectivity index (χ2v) is 15.2. The molecular formula is C29H41NO7S. The molecule has 9 heteroatoms. The molecule has 0 unspecified atom stereocenters. The van der Waals surface area contributed by atoms with Crippen molar-refractivity contribution < 1.29 is 28.0 Å². The summed E-state index contributed by atoms with van der Waals surface area (Å²) in [5.74, 6) is 0.960. The van der Waals surface area contributed by atoms with Crippen LogP contribution in [0.5, 0.6) is 0 Å². The minimum absolute atomic E-state index is 0.0446. The number of hydrogen-bond acceptors (Lipinski definition) is 7. The topological polar surface area (TPSA) is 124 Å². The number of carbonyl (C=O) groups is 1. The number of benzene rings is 1. The molecule has 0 spiro atoms. The van der Waals surface area contributed by atoms with Gasteiger partial charge < -0.3 is 9.84 Å². The SMILES string of the molecule is COC[C@@]1(O)CC[C@@]2(C)[C@@H](CC[C@@H]3[C@@H]2CC[C@]2(C)[C@@H](C(=O)CS(=O)(=O)c4ccc([N+](=O)[O-])cc4)CC[C@@H]32)C1. The molecule has 0 saturated heterocycles. The zero-order valence-corrected chi connectivity index (χ0v) is 23.5. The van der Waals surface area contributed by atoms with E-state index in [0.29, 0.717) is 30.3 Å². The van der Waals surface area contributed by atoms with Gasteiger partial charge in [-0.15, -0.1) is 0 Å². The summed E-state index contributed by atoms with van der Waals surface area (Å²) in [5.41, 5.74) is -0.915. The van der Waals surface area contributed by atoms with Crippen LogP contribution in [-0.2, 0) is 19.4 Å². The molecule has 1 aromatic rings. The maximum Gasteiger partial charge on any atom is 0.269 e. The van der Waals surface area contributed by atoms with Crippen molar-refractivity contribution in [2.75, 3.05) is 19.5 Å². The molecule has 1 N–H and O–H groups in total. The van der Waals surface area contributed by atoms with Crippen molar-refractivity contribution in [3.63, 3.8) is 0 Å². The predicted molar refractivity (Wildman–Crippen MR) is 142 cm³/mol. The van der Waals surface area contributed by atoms with Crippen LogP contribution >= 0.6 is 0 Å². The van der Waals surface area contributed by atoms with Crippen molar-refractivity contribution in [1.29, 1.82) is 0 Å². The van der Waals surface area contributed by atoms with E-state index in [-0.39, 0.29) is 33.1 Å². The zero-order chi connectivity index (χ0) is 27.5. The van der Waals surface area contributed by atoms with Crippen molar-refractivity contribution in [3.05, 3.63) is 34.4 Å². The average Bonchev–Trinajstić information content (AvgIpc) is 3.22. The molecule has 4 saturated carbocycles. The predicted octanol–water partition coefficient (Wildman–Crippen LogP) is 4.97. The molecule has 210 valence electrons. The van der Waals surface area contributed by atoms with Gasteiger partial charge in [-0.1, -0.05) is 13.8 Å². The second-order valence-electron chi connectivity index (χ2n) is 13.2. The number of nitro groups is 1. The Hall–Kier alpha value is -1.84. The van der Waals surface area contributed by atoms with Crippen LogP contribution in [0.3, 0.4) is 0 Å². The summed E-state index contributed by atoms with van der Waals surface area (Å²) in [6, 6.07) is 4.79. The number of methoxy groups -OCH3 is 1. The van der Waals surface area contributed by atoms with Gasteiger partial charge in [-0.3, -0.25) is 14.9 Å². The van der Waals surface area contributed by atoms with Gasteiger partial charge in [-0.25, -0.2) is 8.42 Å². The molecule has 0 heterocycles. The number of non-ortho nitro benzene ring substituents is 1. The molecule has 4 aliphatic rings. The van der Waals surface area contributed by atoms with Crippen LogP contribution in [-0.4, -0.2) is 49.3 Å². The van der Waals surface area contributed by atoms with E-state index in [2.05, 4.69) is 13.8 Å². The first-order chi connectivity index (χ1) is 17.8. The van der Waals surface area contributed by atoms with Crippen LogP contribution in [0.25, 0.3) is 0 Å². The van der Waals surface area contributed by atoms with Gasteiger partial charge >= 0.3 is 0 Å². The molecule has 0 bridgehead atoms. The number of rotatable bonds is 7. The van der Waals surface area contributed by atoms with E-state index >= 15 is 0 Å². The number of fused-ring (bicyclic) bond motifs is 5. The molecule has 4 fully saturated rings. The summed E-state index contributed by atoms with van der Waals surface area (Å²) in [4.78, 5) is 23.8. The van der Waals surface area contributed by atoms with E-state index in [0.717, 1.165) is 57.8 Å². The van der Waals surface area contributed by atoms with E-state index in [9.17, 15) is 28.4 Å². The lowest BCUT2D eigenvalue weighted by Gasteiger charge is -2.62. The Morgan fingerprint density at radius 2 is 1.71 bits per heavy atom. The Balaban J connectivity index is 1.30. The van der Waals surface area contributed by atoms with Crippen molar-refractivity contribution in [1.82, 2.24) is 0 Å². The van der Waals surface area contributed by atoms with Gasteiger partial charge in [0.2, 0.25) is 0 Å². The van der Waals surface area contributed by atoms with Crippen molar-refractivity contribution in [3.8, 4) is 0 Å². The minimum atomic E-state index is -3.87. The Labute approximate surface area is 225 Å². The lowest BCUT2D eigenvalue weighted by Crippen LogP contribution is -2.57. The highest BCUT2D eigenvalue weighted by Gasteiger charge is 2.62. The Kier molecular flexibility index (Phi) is 7.05. The number of hydrogen-bond donors (Lipinski definition) is 1. The van der Waals surface area contributed by atoms with E-state index in [1.165, 1.54) is 24.3 Å². The van der Waals surface area contributed by atoms with E-state index < -0.39 is 26.1 Å². The molecule has 8 nitrogen and oxygen atoms in total. The molecule has 0 aliphatic heterocycles. The van der Waals surface area contributed by atoms with Gasteiger partial charge in [0.25, 0.3) is 5.69 Å². The zero-order valence-electron chi connectivity index (χ0n) is 22.7. The Morgan fingerprint density at radius 1 is 1.03 bits per heavy atom. The normalized spacial score (nSPS) is 40.6. The standard InChI is InChI=1S/C29H41NO7S/c1-27-14-15-29(32,18-37-3)16-19(27)4-9-22-23-10-11-25(28(23,2)13-12-24(22)27)26(31)17-38(35,36)21-7-5-20(6-8-21)30(33)34/h5-8,19,22-25,32H,4,9-18H2,1-3H3/t19-,22-,23-,24-,25+,27-,28-,29+/m0/s1. The van der Waals surface area contributed by atoms with Crippen molar-refractivity contribution >= 4 is 21.3 Å². The lowest BCUT2D eigenvalue weighted by molar-refractivity contribution is -0.384. The molecule has 8 atom stereocenters. The highest BCUT2D eigenvalue weighted by atomic mass is 32.2. The molecule has 1 aromatic carbocycles. The van der Waals surface area contributed by atoms with Crippen molar-refractivity contribution in [2.24, 2.45) is 40.4 Å². The van der Waals surface area contributed by atoms with Gasteiger partial charge in [0.1, 0.15) is 5.75 Å². The van der Waals surface area contributed by atoms with Crippen molar-refractivity contribution in [2.45, 2.75) is 82.1 Å². The lowest BCUT2D eigenvalue weighted by atomic mass is 9.44. The summed E-state index contributed by atoms with van der Waals surface area (Å²) in [7, 11) is -2.22. The van der Waals surface area contributed by atoms with Gasteiger partial charge in [0.15, 0.2) is 15.6 Å². The smallest absolute Gasteiger partial charge is 0.269 e. The first kappa shape index (κ1) is 27.7. The van der Waals surface area contributed by atoms with Gasteiger partial charge in [0.05, 0.1) is 22.0 Å². The maximum absolute atomic E-state index is 13.5. The first-order valence-electron chi connectivity index (χ1n) is 14.0. The first-order valence-corrected chi connectivity index (χ1v) is 15.7. The van der Waals surface area contributed by atoms with E-state index in [1.807, 2.05) is 0 Å². The summed E-state index contributed by atoms with van der Waals surface area (Å²) in [5, 5.41) is 22.0. The van der Waals surface area contributed by atoms with Crippen LogP contribution < -0.4 is 0 Å². The number of aliphatic hydroxyl groups is 1. The number of nitro benzene ring substituents is 1. The third-order valence-corrected chi connectivity index (χ3v) is 13.0. The summed E-state index contributed by atoms with van der Waals surface area (Å²) in [6.45, 7) is 5.04. The second kappa shape index (κ2) is 9.66. The largest absolute Gasteiger partial charge is 0.387 e. The quantitative estimate of drug-likeness (QED) is 0.377. The average molecular weight is 548 g/mol. The summed E-state index contributed by atoms with van der Waals surface area (Å²) < 4.78 is 31.4. The van der Waals surface area contributed by atoms with Crippen LogP contribution in [0.1, 0.15) is 71.6 Å². The Bertz CT molecular complexity index is 1200. The molecule has 4 aliphatic carbocycles. The van der Waals surface area contributed by atoms with Crippen LogP contribution in [0.4, 0.5) is 5.69 Å². The van der Waals surface area contributed by atoms with Crippen LogP contribution in [0.15, 0.2) is 29.2 Å². The highest BCUT2D eigenvalue weighted by Crippen LogP contribution is 2.68. The highest BCUT2D eigenvalue weighted by molar-refractivity contribution is 7.92. The summed E-state index contributed by atoms with van der Waals surface area (Å²) >= 11 is 0. The monoisotopic (exact) mass is 547 g/mol. The fourth-order valence-corrected chi connectivity index (χ4v) is 10.7. The third-order valence-electron chi connectivity index (χ3n) is 11.4. The number of Topliss-reactive ketones (excluding diaryl/α,β-unsaturated/α-hetero) is 1. The number of ketones is 1. The molecule has 0 aromatic heterocycles. The number of nitrogens with zero attached hydrogens (tertiary/aromatic N) is 1. The van der Waals surface area contributed by atoms with Gasteiger partial charge in [-0.05, 0) is 104 Å². The minimum Gasteiger partial charge on any atom is -0.387 e. The fourth-order valence-electron chi connectivity index (χ4n) is 9.40. The number of sulfone groups is 1. The molecule has 5 rings (SSSR count). The van der Waals surface area contributed by atoms with E-state index in [1.54, 1.807) is 7.11 Å². The van der Waals surface area contributed by atoms with E-state index in [4.69, 9.17) is 4.74 Å². The number of ether oxygens (including phenoxy) is 1. The summed E-state index contributed by atoms with van der Waals surface area (Å²) in [6.07, 6.45) is 8.42. The molecule has 0 radical (unpaired) electrons. The van der Waals surface area contributed by atoms with Gasteiger partial charge in [0, 0.05) is 25.2 Å². The maximum atomic E-state index is 13.5. The third kappa shape index (κ3) is 4.52. The van der Waals surface area contributed by atoms with Crippen LogP contribution in [0.2, 0.25) is 0 Å². The van der Waals surface area contributed by atoms with Crippen LogP contribution in [0, 0.1) is 50.5 Å². The number of carbonyl (C=O) groups excluding carboxylic acids is 1.